The van der Waals surface area contributed by atoms with E-state index in [1.807, 2.05) is 37.5 Å². The topological polar surface area (TPSA) is 53.4 Å². The lowest BCUT2D eigenvalue weighted by atomic mass is 10.1. The SMILES string of the molecule is COc1ccc(CC(=O)Cc2ccn(C)n2)cc1OC. The number of ether oxygens (including phenoxy) is 2. The molecule has 0 aliphatic heterocycles. The van der Waals surface area contributed by atoms with Gasteiger partial charge in [0, 0.05) is 19.7 Å². The summed E-state index contributed by atoms with van der Waals surface area (Å²) in [5, 5.41) is 4.20. The van der Waals surface area contributed by atoms with Crippen LogP contribution in [0.15, 0.2) is 30.5 Å². The number of hydrogen-bond donors (Lipinski definition) is 0. The lowest BCUT2D eigenvalue weighted by Crippen LogP contribution is -2.07. The summed E-state index contributed by atoms with van der Waals surface area (Å²) in [5.74, 6) is 1.42. The van der Waals surface area contributed by atoms with Crippen molar-refractivity contribution in [2.24, 2.45) is 7.05 Å². The summed E-state index contributed by atoms with van der Waals surface area (Å²) in [6, 6.07) is 7.36. The van der Waals surface area contributed by atoms with Gasteiger partial charge in [-0.1, -0.05) is 6.07 Å². The number of carbonyl (C=O) groups excluding carboxylic acids is 1. The van der Waals surface area contributed by atoms with E-state index in [1.54, 1.807) is 18.9 Å². The van der Waals surface area contributed by atoms with Crippen LogP contribution in [0.5, 0.6) is 11.5 Å². The van der Waals surface area contributed by atoms with Gasteiger partial charge in [0.25, 0.3) is 0 Å². The van der Waals surface area contributed by atoms with Crippen LogP contribution in [0.3, 0.4) is 0 Å². The van der Waals surface area contributed by atoms with Crippen molar-refractivity contribution in [2.45, 2.75) is 12.8 Å². The monoisotopic (exact) mass is 274 g/mol. The molecule has 5 heteroatoms. The summed E-state index contributed by atoms with van der Waals surface area (Å²) in [7, 11) is 5.00. The van der Waals surface area contributed by atoms with Crippen LogP contribution in [0, 0.1) is 0 Å². The summed E-state index contributed by atoms with van der Waals surface area (Å²) in [6.45, 7) is 0. The molecule has 0 fully saturated rings. The molecule has 0 atom stereocenters. The molecule has 0 amide bonds. The maximum Gasteiger partial charge on any atom is 0.161 e. The predicted octanol–water partition coefficient (Wildman–Crippen LogP) is 1.79. The van der Waals surface area contributed by atoms with E-state index in [0.29, 0.717) is 24.3 Å². The van der Waals surface area contributed by atoms with Crippen LogP contribution >= 0.6 is 0 Å². The Morgan fingerprint density at radius 1 is 1.15 bits per heavy atom. The summed E-state index contributed by atoms with van der Waals surface area (Å²) >= 11 is 0. The molecule has 1 aromatic heterocycles. The van der Waals surface area contributed by atoms with Gasteiger partial charge in [-0.15, -0.1) is 0 Å². The van der Waals surface area contributed by atoms with Crippen LogP contribution < -0.4 is 9.47 Å². The van der Waals surface area contributed by atoms with Crippen molar-refractivity contribution in [2.75, 3.05) is 14.2 Å². The summed E-state index contributed by atoms with van der Waals surface area (Å²) < 4.78 is 12.1. The van der Waals surface area contributed by atoms with Crippen LogP contribution in [-0.4, -0.2) is 29.8 Å². The molecular formula is C15H18N2O3. The molecule has 0 spiro atoms. The molecular weight excluding hydrogens is 256 g/mol. The molecule has 0 unspecified atom stereocenters. The minimum atomic E-state index is 0.121. The molecule has 20 heavy (non-hydrogen) atoms. The second kappa shape index (κ2) is 6.23. The number of benzene rings is 1. The van der Waals surface area contributed by atoms with Gasteiger partial charge in [-0.05, 0) is 23.8 Å². The van der Waals surface area contributed by atoms with Crippen molar-refractivity contribution < 1.29 is 14.3 Å². The average Bonchev–Trinajstić information content (AvgIpc) is 2.83. The highest BCUT2D eigenvalue weighted by molar-refractivity contribution is 5.82. The highest BCUT2D eigenvalue weighted by Gasteiger charge is 2.10. The summed E-state index contributed by atoms with van der Waals surface area (Å²) in [5.41, 5.74) is 1.70. The molecule has 0 aliphatic rings. The Balaban J connectivity index is 2.04. The zero-order chi connectivity index (χ0) is 14.5. The number of aromatic nitrogens is 2. The van der Waals surface area contributed by atoms with E-state index in [0.717, 1.165) is 11.3 Å². The highest BCUT2D eigenvalue weighted by Crippen LogP contribution is 2.27. The second-order valence-electron chi connectivity index (χ2n) is 4.56. The second-order valence-corrected chi connectivity index (χ2v) is 4.56. The fourth-order valence-electron chi connectivity index (χ4n) is 2.04. The number of rotatable bonds is 6. The Morgan fingerprint density at radius 3 is 2.50 bits per heavy atom. The van der Waals surface area contributed by atoms with Crippen LogP contribution in [0.25, 0.3) is 0 Å². The largest absolute Gasteiger partial charge is 0.493 e. The summed E-state index contributed by atoms with van der Waals surface area (Å²) in [6.07, 6.45) is 2.53. The van der Waals surface area contributed by atoms with Crippen LogP contribution in [-0.2, 0) is 24.7 Å². The molecule has 1 aromatic carbocycles. The number of aryl methyl sites for hydroxylation is 1. The zero-order valence-corrected chi connectivity index (χ0v) is 11.9. The number of methoxy groups -OCH3 is 2. The predicted molar refractivity (Wildman–Crippen MR) is 75.2 cm³/mol. The minimum Gasteiger partial charge on any atom is -0.493 e. The molecule has 0 N–H and O–H groups in total. The standard InChI is InChI=1S/C15H18N2O3/c1-17-7-6-12(16-17)10-13(18)8-11-4-5-14(19-2)15(9-11)20-3/h4-7,9H,8,10H2,1-3H3. The lowest BCUT2D eigenvalue weighted by Gasteiger charge is -2.09. The highest BCUT2D eigenvalue weighted by atomic mass is 16.5. The van der Waals surface area contributed by atoms with Gasteiger partial charge in [0.2, 0.25) is 0 Å². The van der Waals surface area contributed by atoms with E-state index < -0.39 is 0 Å². The summed E-state index contributed by atoms with van der Waals surface area (Å²) in [4.78, 5) is 12.0. The number of ketones is 1. The third kappa shape index (κ3) is 3.38. The van der Waals surface area contributed by atoms with Gasteiger partial charge in [-0.25, -0.2) is 0 Å². The van der Waals surface area contributed by atoms with E-state index in [1.165, 1.54) is 0 Å². The van der Waals surface area contributed by atoms with Crippen molar-refractivity contribution in [1.29, 1.82) is 0 Å². The van der Waals surface area contributed by atoms with E-state index >= 15 is 0 Å². The Morgan fingerprint density at radius 2 is 1.90 bits per heavy atom. The Kier molecular flexibility index (Phi) is 4.40. The first-order valence-electron chi connectivity index (χ1n) is 6.33. The first-order valence-corrected chi connectivity index (χ1v) is 6.33. The van der Waals surface area contributed by atoms with Gasteiger partial charge >= 0.3 is 0 Å². The number of nitrogens with zero attached hydrogens (tertiary/aromatic N) is 2. The molecule has 2 rings (SSSR count). The molecule has 106 valence electrons. The molecule has 0 bridgehead atoms. The maximum atomic E-state index is 12.0. The third-order valence-electron chi connectivity index (χ3n) is 3.00. The normalized spacial score (nSPS) is 10.3. The van der Waals surface area contributed by atoms with Gasteiger partial charge < -0.3 is 9.47 Å². The van der Waals surface area contributed by atoms with E-state index in [4.69, 9.17) is 9.47 Å². The van der Waals surface area contributed by atoms with Crippen LogP contribution in [0.1, 0.15) is 11.3 Å². The first-order chi connectivity index (χ1) is 9.62. The molecule has 0 saturated heterocycles. The molecule has 5 nitrogen and oxygen atoms in total. The van der Waals surface area contributed by atoms with Crippen LogP contribution in [0.2, 0.25) is 0 Å². The van der Waals surface area contributed by atoms with Gasteiger partial charge in [-0.3, -0.25) is 9.48 Å². The maximum absolute atomic E-state index is 12.0. The van der Waals surface area contributed by atoms with E-state index in [-0.39, 0.29) is 5.78 Å². The number of hydrogen-bond acceptors (Lipinski definition) is 4. The molecule has 0 radical (unpaired) electrons. The van der Waals surface area contributed by atoms with E-state index in [2.05, 4.69) is 5.10 Å². The average molecular weight is 274 g/mol. The van der Waals surface area contributed by atoms with Crippen molar-refractivity contribution in [1.82, 2.24) is 9.78 Å². The third-order valence-corrected chi connectivity index (χ3v) is 3.00. The van der Waals surface area contributed by atoms with Gasteiger partial charge in [0.15, 0.2) is 11.5 Å². The molecule has 1 heterocycles. The smallest absolute Gasteiger partial charge is 0.161 e. The Bertz CT molecular complexity index is 605. The first kappa shape index (κ1) is 14.1. The molecule has 0 aliphatic carbocycles. The van der Waals surface area contributed by atoms with Crippen LogP contribution in [0.4, 0.5) is 0 Å². The van der Waals surface area contributed by atoms with Gasteiger partial charge in [-0.2, -0.15) is 5.10 Å². The number of Topliss-reactive ketones (excluding diaryl/α,β-unsaturated/α-hetero) is 1. The minimum absolute atomic E-state index is 0.121. The Labute approximate surface area is 118 Å². The quantitative estimate of drug-likeness (QED) is 0.806. The van der Waals surface area contributed by atoms with Crippen molar-refractivity contribution in [3.63, 3.8) is 0 Å². The zero-order valence-electron chi connectivity index (χ0n) is 11.9. The molecule has 0 saturated carbocycles. The lowest BCUT2D eigenvalue weighted by molar-refractivity contribution is -0.117. The van der Waals surface area contributed by atoms with Gasteiger partial charge in [0.1, 0.15) is 5.78 Å². The van der Waals surface area contributed by atoms with Crippen molar-refractivity contribution in [3.8, 4) is 11.5 Å². The Hall–Kier alpha value is -2.30. The number of carbonyl (C=O) groups is 1. The van der Waals surface area contributed by atoms with Crippen molar-refractivity contribution in [3.05, 3.63) is 41.7 Å². The molecule has 2 aromatic rings. The fraction of sp³-hybridized carbons (Fsp3) is 0.333. The van der Waals surface area contributed by atoms with Crippen molar-refractivity contribution >= 4 is 5.78 Å². The van der Waals surface area contributed by atoms with E-state index in [9.17, 15) is 4.79 Å². The van der Waals surface area contributed by atoms with Gasteiger partial charge in [0.05, 0.1) is 26.3 Å². The fourth-order valence-corrected chi connectivity index (χ4v) is 2.04.